The van der Waals surface area contributed by atoms with Gasteiger partial charge < -0.3 is 10.1 Å². The number of rotatable bonds is 9. The number of pyridine rings is 1. The molecule has 31 heavy (non-hydrogen) atoms. The van der Waals surface area contributed by atoms with Crippen LogP contribution in [-0.2, 0) is 16.6 Å². The van der Waals surface area contributed by atoms with Crippen molar-refractivity contribution in [2.24, 2.45) is 0 Å². The van der Waals surface area contributed by atoms with Crippen LogP contribution in [0.15, 0.2) is 30.7 Å². The minimum Gasteiger partial charge on any atom is -0.477 e. The van der Waals surface area contributed by atoms with Crippen LogP contribution < -0.4 is 14.8 Å². The Bertz CT molecular complexity index is 1190. The van der Waals surface area contributed by atoms with Crippen LogP contribution in [0.3, 0.4) is 0 Å². The molecule has 2 N–H and O–H groups in total. The molecule has 0 bridgehead atoms. The second-order valence-electron chi connectivity index (χ2n) is 6.65. The van der Waals surface area contributed by atoms with Crippen LogP contribution in [0.2, 0.25) is 0 Å². The normalized spacial score (nSPS) is 13.6. The summed E-state index contributed by atoms with van der Waals surface area (Å²) in [4.78, 5) is 24.9. The van der Waals surface area contributed by atoms with Crippen molar-refractivity contribution in [1.82, 2.24) is 30.5 Å². The van der Waals surface area contributed by atoms with E-state index in [0.717, 1.165) is 11.3 Å². The maximum atomic E-state index is 12.4. The molecule has 4 rings (SSSR count). The van der Waals surface area contributed by atoms with Crippen molar-refractivity contribution in [3.05, 3.63) is 41.4 Å². The Hall–Kier alpha value is -3.19. The first-order chi connectivity index (χ1) is 14.9. The lowest BCUT2D eigenvalue weighted by Crippen LogP contribution is -2.23. The molecule has 1 aliphatic rings. The van der Waals surface area contributed by atoms with Crippen LogP contribution in [0.1, 0.15) is 35.3 Å². The molecule has 1 amide bonds. The van der Waals surface area contributed by atoms with E-state index in [0.29, 0.717) is 47.4 Å². The predicted molar refractivity (Wildman–Crippen MR) is 113 cm³/mol. The zero-order valence-electron chi connectivity index (χ0n) is 16.5. The summed E-state index contributed by atoms with van der Waals surface area (Å²) in [6.45, 7) is 2.40. The number of sulfonamides is 1. The maximum absolute atomic E-state index is 12.4. The van der Waals surface area contributed by atoms with E-state index < -0.39 is 15.9 Å². The van der Waals surface area contributed by atoms with Gasteiger partial charge in [-0.2, -0.15) is 0 Å². The zero-order chi connectivity index (χ0) is 21.8. The van der Waals surface area contributed by atoms with Crippen molar-refractivity contribution in [3.8, 4) is 16.6 Å². The molecule has 1 aliphatic carbocycles. The SMILES string of the molecule is CCOc1cncc(-c2nnc(C(=O)NCc3cc(NS(=O)(=O)C4CC4)ccn3)s2)n1. The second-order valence-corrected chi connectivity index (χ2v) is 9.59. The summed E-state index contributed by atoms with van der Waals surface area (Å²) in [6.07, 6.45) is 5.85. The van der Waals surface area contributed by atoms with Gasteiger partial charge in [0, 0.05) is 6.20 Å². The topological polar surface area (TPSA) is 149 Å². The Labute approximate surface area is 182 Å². The number of nitrogens with one attached hydrogen (secondary N) is 2. The molecular weight excluding hydrogens is 442 g/mol. The van der Waals surface area contributed by atoms with Gasteiger partial charge in [0.2, 0.25) is 20.9 Å². The summed E-state index contributed by atoms with van der Waals surface area (Å²) in [5.41, 5.74) is 1.38. The van der Waals surface area contributed by atoms with Gasteiger partial charge in [0.05, 0.1) is 42.2 Å². The number of nitrogens with zero attached hydrogens (tertiary/aromatic N) is 5. The van der Waals surface area contributed by atoms with Crippen LogP contribution in [-0.4, -0.2) is 51.3 Å². The van der Waals surface area contributed by atoms with Crippen LogP contribution in [0.25, 0.3) is 10.7 Å². The Morgan fingerprint density at radius 3 is 2.90 bits per heavy atom. The van der Waals surface area contributed by atoms with Gasteiger partial charge >= 0.3 is 0 Å². The van der Waals surface area contributed by atoms with Crippen LogP contribution in [0.5, 0.6) is 5.88 Å². The molecule has 0 saturated heterocycles. The third-order valence-electron chi connectivity index (χ3n) is 4.21. The second kappa shape index (κ2) is 8.89. The molecule has 162 valence electrons. The van der Waals surface area contributed by atoms with Crippen LogP contribution >= 0.6 is 11.3 Å². The van der Waals surface area contributed by atoms with Crippen molar-refractivity contribution in [1.29, 1.82) is 0 Å². The first kappa shape index (κ1) is 21.1. The predicted octanol–water partition coefficient (Wildman–Crippen LogP) is 1.62. The highest BCUT2D eigenvalue weighted by molar-refractivity contribution is 7.93. The smallest absolute Gasteiger partial charge is 0.282 e. The molecule has 13 heteroatoms. The molecule has 3 aromatic rings. The van der Waals surface area contributed by atoms with Crippen LogP contribution in [0, 0.1) is 0 Å². The number of hydrogen-bond donors (Lipinski definition) is 2. The summed E-state index contributed by atoms with van der Waals surface area (Å²) < 4.78 is 32.0. The molecule has 0 aliphatic heterocycles. The standard InChI is InChI=1S/C18H19N7O4S2/c1-2-29-15-10-19-9-14(22-15)17-23-24-18(30-17)16(26)21-8-12-7-11(5-6-20-12)25-31(27,28)13-3-4-13/h5-7,9-10,13H,2-4,8H2,1H3,(H,20,25)(H,21,26). The summed E-state index contributed by atoms with van der Waals surface area (Å²) >= 11 is 1.07. The quantitative estimate of drug-likeness (QED) is 0.485. The summed E-state index contributed by atoms with van der Waals surface area (Å²) in [5, 5.41) is 10.9. The van der Waals surface area contributed by atoms with E-state index in [1.54, 1.807) is 12.1 Å². The highest BCUT2D eigenvalue weighted by Gasteiger charge is 2.35. The van der Waals surface area contributed by atoms with Gasteiger partial charge in [-0.25, -0.2) is 13.4 Å². The number of carbonyl (C=O) groups excluding carboxylic acids is 1. The highest BCUT2D eigenvalue weighted by Crippen LogP contribution is 2.29. The van der Waals surface area contributed by atoms with Crippen molar-refractivity contribution in [3.63, 3.8) is 0 Å². The Morgan fingerprint density at radius 2 is 2.13 bits per heavy atom. The monoisotopic (exact) mass is 461 g/mol. The number of amides is 1. The molecule has 1 saturated carbocycles. The zero-order valence-corrected chi connectivity index (χ0v) is 18.1. The van der Waals surface area contributed by atoms with Gasteiger partial charge in [-0.15, -0.1) is 10.2 Å². The number of anilines is 1. The molecule has 0 radical (unpaired) electrons. The Kier molecular flexibility index (Phi) is 6.04. The molecule has 0 aromatic carbocycles. The molecule has 3 aromatic heterocycles. The third-order valence-corrected chi connectivity index (χ3v) is 7.03. The number of hydrogen-bond acceptors (Lipinski definition) is 10. The van der Waals surface area contributed by atoms with Gasteiger partial charge in [0.25, 0.3) is 5.91 Å². The van der Waals surface area contributed by atoms with E-state index in [1.165, 1.54) is 18.6 Å². The fraction of sp³-hybridized carbons (Fsp3) is 0.333. The third kappa shape index (κ3) is 5.30. The minimum absolute atomic E-state index is 0.104. The van der Waals surface area contributed by atoms with Gasteiger partial charge in [-0.3, -0.25) is 19.5 Å². The van der Waals surface area contributed by atoms with E-state index in [2.05, 4.69) is 35.2 Å². The average molecular weight is 462 g/mol. The van der Waals surface area contributed by atoms with Crippen LogP contribution in [0.4, 0.5) is 5.69 Å². The van der Waals surface area contributed by atoms with E-state index in [-0.39, 0.29) is 16.8 Å². The van der Waals surface area contributed by atoms with E-state index in [9.17, 15) is 13.2 Å². The molecule has 3 heterocycles. The largest absolute Gasteiger partial charge is 0.477 e. The summed E-state index contributed by atoms with van der Waals surface area (Å²) in [5.74, 6) is -0.0621. The fourth-order valence-electron chi connectivity index (χ4n) is 2.60. The van der Waals surface area contributed by atoms with Gasteiger partial charge in [-0.1, -0.05) is 11.3 Å². The van der Waals surface area contributed by atoms with E-state index in [1.807, 2.05) is 6.92 Å². The van der Waals surface area contributed by atoms with Gasteiger partial charge in [-0.05, 0) is 31.9 Å². The lowest BCUT2D eigenvalue weighted by molar-refractivity contribution is 0.0949. The lowest BCUT2D eigenvalue weighted by Gasteiger charge is -2.08. The maximum Gasteiger partial charge on any atom is 0.282 e. The Balaban J connectivity index is 1.38. The lowest BCUT2D eigenvalue weighted by atomic mass is 10.3. The average Bonchev–Trinajstić information content (AvgIpc) is 3.51. The van der Waals surface area contributed by atoms with Crippen molar-refractivity contribution < 1.29 is 17.9 Å². The minimum atomic E-state index is -3.36. The van der Waals surface area contributed by atoms with Gasteiger partial charge in [0.15, 0.2) is 5.01 Å². The molecule has 0 unspecified atom stereocenters. The molecule has 0 atom stereocenters. The highest BCUT2D eigenvalue weighted by atomic mass is 32.2. The van der Waals surface area contributed by atoms with Gasteiger partial charge in [0.1, 0.15) is 5.69 Å². The molecule has 0 spiro atoms. The fourth-order valence-corrected chi connectivity index (χ4v) is 4.69. The summed E-state index contributed by atoms with van der Waals surface area (Å²) in [6, 6.07) is 3.15. The van der Waals surface area contributed by atoms with E-state index in [4.69, 9.17) is 4.74 Å². The molecular formula is C18H19N7O4S2. The number of carbonyl (C=O) groups is 1. The van der Waals surface area contributed by atoms with Crippen molar-refractivity contribution in [2.45, 2.75) is 31.6 Å². The molecule has 1 fully saturated rings. The Morgan fingerprint density at radius 1 is 1.29 bits per heavy atom. The summed E-state index contributed by atoms with van der Waals surface area (Å²) in [7, 11) is -3.36. The first-order valence-electron chi connectivity index (χ1n) is 9.48. The number of aromatic nitrogens is 5. The number of ether oxygens (including phenoxy) is 1. The van der Waals surface area contributed by atoms with Crippen molar-refractivity contribution in [2.75, 3.05) is 11.3 Å². The van der Waals surface area contributed by atoms with Crippen molar-refractivity contribution >= 4 is 33.0 Å². The molecule has 11 nitrogen and oxygen atoms in total. The van der Waals surface area contributed by atoms with E-state index >= 15 is 0 Å². The first-order valence-corrected chi connectivity index (χ1v) is 11.8.